The lowest BCUT2D eigenvalue weighted by atomic mass is 9.77. The van der Waals surface area contributed by atoms with Gasteiger partial charge in [0.05, 0.1) is 10.7 Å². The lowest BCUT2D eigenvalue weighted by molar-refractivity contribution is 0.308. The Morgan fingerprint density at radius 1 is 1.13 bits per heavy atom. The van der Waals surface area contributed by atoms with Crippen LogP contribution in [-0.2, 0) is 0 Å². The summed E-state index contributed by atoms with van der Waals surface area (Å²) in [4.78, 5) is 4.54. The smallest absolute Gasteiger partial charge is 0.142 e. The topological polar surface area (TPSA) is 12.9 Å². The highest BCUT2D eigenvalue weighted by Crippen LogP contribution is 2.37. The maximum absolute atomic E-state index is 13.6. The fourth-order valence-electron chi connectivity index (χ4n) is 3.67. The van der Waals surface area contributed by atoms with Crippen LogP contribution in [0.4, 0.5) is 4.39 Å². The first-order valence-electron chi connectivity index (χ1n) is 8.58. The Balaban J connectivity index is 1.69. The van der Waals surface area contributed by atoms with Crippen LogP contribution in [0.3, 0.4) is 0 Å². The summed E-state index contributed by atoms with van der Waals surface area (Å²) in [6, 6.07) is 8.98. The summed E-state index contributed by atoms with van der Waals surface area (Å²) in [6.07, 6.45) is 9.83. The molecule has 1 nitrogen and oxygen atoms in total. The molecule has 0 aliphatic heterocycles. The largest absolute Gasteiger partial charge is 0.256 e. The van der Waals surface area contributed by atoms with Crippen LogP contribution in [0.5, 0.6) is 0 Å². The standard InChI is InChI=1S/C20H23ClFN/c1-2-3-14-4-6-15(7-5-14)17-9-11-20(23-13-17)16-8-10-18(21)19(22)12-16/h8-15H,2-7H2,1H3. The molecule has 0 amide bonds. The monoisotopic (exact) mass is 331 g/mol. The Hall–Kier alpha value is -1.41. The van der Waals surface area contributed by atoms with Gasteiger partial charge in [0.2, 0.25) is 0 Å². The number of hydrogen-bond acceptors (Lipinski definition) is 1. The van der Waals surface area contributed by atoms with Crippen molar-refractivity contribution >= 4 is 11.6 Å². The first kappa shape index (κ1) is 16.4. The van der Waals surface area contributed by atoms with E-state index in [-0.39, 0.29) is 5.02 Å². The predicted molar refractivity (Wildman–Crippen MR) is 94.2 cm³/mol. The molecule has 2 aromatic rings. The minimum Gasteiger partial charge on any atom is -0.256 e. The van der Waals surface area contributed by atoms with Crippen LogP contribution >= 0.6 is 11.6 Å². The first-order valence-corrected chi connectivity index (χ1v) is 8.96. The molecule has 23 heavy (non-hydrogen) atoms. The molecule has 1 saturated carbocycles. The molecule has 0 saturated heterocycles. The highest BCUT2D eigenvalue weighted by molar-refractivity contribution is 6.30. The van der Waals surface area contributed by atoms with Crippen LogP contribution < -0.4 is 0 Å². The van der Waals surface area contributed by atoms with Crippen molar-refractivity contribution in [1.82, 2.24) is 4.98 Å². The molecule has 0 N–H and O–H groups in total. The molecule has 0 bridgehead atoms. The molecule has 0 unspecified atom stereocenters. The highest BCUT2D eigenvalue weighted by atomic mass is 35.5. The van der Waals surface area contributed by atoms with Crippen LogP contribution in [0.15, 0.2) is 36.5 Å². The molecule has 1 aliphatic rings. The molecule has 1 fully saturated rings. The summed E-state index contributed by atoms with van der Waals surface area (Å²) >= 11 is 5.73. The number of rotatable bonds is 4. The van der Waals surface area contributed by atoms with Gasteiger partial charge in [-0.3, -0.25) is 4.98 Å². The van der Waals surface area contributed by atoms with Crippen LogP contribution in [0, 0.1) is 11.7 Å². The molecule has 0 atom stereocenters. The average molecular weight is 332 g/mol. The normalized spacial score (nSPS) is 21.3. The van der Waals surface area contributed by atoms with Crippen LogP contribution in [-0.4, -0.2) is 4.98 Å². The Bertz CT molecular complexity index is 645. The lowest BCUT2D eigenvalue weighted by Crippen LogP contribution is -2.13. The third-order valence-electron chi connectivity index (χ3n) is 5.02. The summed E-state index contributed by atoms with van der Waals surface area (Å²) in [5.41, 5.74) is 2.88. The maximum Gasteiger partial charge on any atom is 0.142 e. The quantitative estimate of drug-likeness (QED) is 0.613. The van der Waals surface area contributed by atoms with E-state index in [0.717, 1.165) is 17.2 Å². The molecular weight excluding hydrogens is 309 g/mol. The van der Waals surface area contributed by atoms with E-state index in [4.69, 9.17) is 11.6 Å². The number of benzene rings is 1. The van der Waals surface area contributed by atoms with Gasteiger partial charge in [-0.05, 0) is 61.3 Å². The van der Waals surface area contributed by atoms with E-state index in [1.54, 1.807) is 6.07 Å². The van der Waals surface area contributed by atoms with Gasteiger partial charge >= 0.3 is 0 Å². The van der Waals surface area contributed by atoms with Crippen molar-refractivity contribution in [2.75, 3.05) is 0 Å². The van der Waals surface area contributed by atoms with Gasteiger partial charge in [-0.2, -0.15) is 0 Å². The van der Waals surface area contributed by atoms with E-state index in [1.165, 1.54) is 50.2 Å². The minimum atomic E-state index is -0.399. The Kier molecular flexibility index (Phi) is 5.32. The third-order valence-corrected chi connectivity index (χ3v) is 5.32. The Labute approximate surface area is 142 Å². The van der Waals surface area contributed by atoms with Crippen molar-refractivity contribution in [3.63, 3.8) is 0 Å². The molecule has 0 spiro atoms. The van der Waals surface area contributed by atoms with Crippen molar-refractivity contribution in [2.24, 2.45) is 5.92 Å². The Morgan fingerprint density at radius 2 is 1.91 bits per heavy atom. The third kappa shape index (κ3) is 3.92. The van der Waals surface area contributed by atoms with Crippen LogP contribution in [0.25, 0.3) is 11.3 Å². The van der Waals surface area contributed by atoms with Gasteiger partial charge in [0.15, 0.2) is 0 Å². The molecule has 0 radical (unpaired) electrons. The molecule has 1 aliphatic carbocycles. The summed E-state index contributed by atoms with van der Waals surface area (Å²) < 4.78 is 13.6. The number of aromatic nitrogens is 1. The molecule has 3 rings (SSSR count). The van der Waals surface area contributed by atoms with Gasteiger partial charge in [-0.1, -0.05) is 43.5 Å². The molecule has 1 aromatic carbocycles. The van der Waals surface area contributed by atoms with Gasteiger partial charge < -0.3 is 0 Å². The number of halogens is 2. The first-order chi connectivity index (χ1) is 11.2. The van der Waals surface area contributed by atoms with Gasteiger partial charge in [-0.15, -0.1) is 0 Å². The summed E-state index contributed by atoms with van der Waals surface area (Å²) in [6.45, 7) is 2.27. The zero-order chi connectivity index (χ0) is 16.2. The van der Waals surface area contributed by atoms with Crippen molar-refractivity contribution < 1.29 is 4.39 Å². The second-order valence-electron chi connectivity index (χ2n) is 6.61. The molecular formula is C20H23ClFN. The van der Waals surface area contributed by atoms with Gasteiger partial charge in [0.25, 0.3) is 0 Å². The second-order valence-corrected chi connectivity index (χ2v) is 7.02. The second kappa shape index (κ2) is 7.44. The van der Waals surface area contributed by atoms with Gasteiger partial charge in [0.1, 0.15) is 5.82 Å². The molecule has 122 valence electrons. The SMILES string of the molecule is CCCC1CCC(c2ccc(-c3ccc(Cl)c(F)c3)nc2)CC1. The summed E-state index contributed by atoms with van der Waals surface area (Å²) in [5.74, 6) is 1.15. The molecule has 3 heteroatoms. The van der Waals surface area contributed by atoms with Gasteiger partial charge in [-0.25, -0.2) is 4.39 Å². The van der Waals surface area contributed by atoms with Crippen molar-refractivity contribution in [1.29, 1.82) is 0 Å². The fourth-order valence-corrected chi connectivity index (χ4v) is 3.78. The number of nitrogens with zero attached hydrogens (tertiary/aromatic N) is 1. The molecule has 1 heterocycles. The minimum absolute atomic E-state index is 0.147. The zero-order valence-corrected chi connectivity index (χ0v) is 14.3. The summed E-state index contributed by atoms with van der Waals surface area (Å²) in [7, 11) is 0. The number of hydrogen-bond donors (Lipinski definition) is 0. The van der Waals surface area contributed by atoms with Crippen molar-refractivity contribution in [2.45, 2.75) is 51.4 Å². The number of pyridine rings is 1. The van der Waals surface area contributed by atoms with E-state index in [1.807, 2.05) is 18.3 Å². The van der Waals surface area contributed by atoms with Crippen molar-refractivity contribution in [3.8, 4) is 11.3 Å². The van der Waals surface area contributed by atoms with Crippen LogP contribution in [0.1, 0.15) is 56.9 Å². The van der Waals surface area contributed by atoms with Crippen LogP contribution in [0.2, 0.25) is 5.02 Å². The fraction of sp³-hybridized carbons (Fsp3) is 0.450. The Morgan fingerprint density at radius 3 is 2.52 bits per heavy atom. The molecule has 1 aromatic heterocycles. The maximum atomic E-state index is 13.6. The van der Waals surface area contributed by atoms with E-state index >= 15 is 0 Å². The van der Waals surface area contributed by atoms with Crippen molar-refractivity contribution in [3.05, 3.63) is 52.9 Å². The zero-order valence-electron chi connectivity index (χ0n) is 13.6. The van der Waals surface area contributed by atoms with E-state index < -0.39 is 5.82 Å². The van der Waals surface area contributed by atoms with Gasteiger partial charge in [0, 0.05) is 11.8 Å². The predicted octanol–water partition coefficient (Wildman–Crippen LogP) is 6.62. The summed E-state index contributed by atoms with van der Waals surface area (Å²) in [5, 5.41) is 0.147. The average Bonchev–Trinajstić information content (AvgIpc) is 2.59. The van der Waals surface area contributed by atoms with E-state index in [0.29, 0.717) is 5.92 Å². The lowest BCUT2D eigenvalue weighted by Gasteiger charge is -2.28. The van der Waals surface area contributed by atoms with E-state index in [9.17, 15) is 4.39 Å². The highest BCUT2D eigenvalue weighted by Gasteiger charge is 2.22. The van der Waals surface area contributed by atoms with E-state index in [2.05, 4.69) is 18.0 Å².